The number of nitrogens with zero attached hydrogens (tertiary/aromatic N) is 1. The fourth-order valence-electron chi connectivity index (χ4n) is 3.03. The minimum Gasteiger partial charge on any atom is -0.496 e. The van der Waals surface area contributed by atoms with Gasteiger partial charge < -0.3 is 14.8 Å². The number of methoxy groups -OCH3 is 1. The van der Waals surface area contributed by atoms with Crippen LogP contribution in [0, 0.1) is 13.8 Å². The molecule has 33 heavy (non-hydrogen) atoms. The molecule has 3 rings (SSSR count). The first-order valence-corrected chi connectivity index (χ1v) is 10.0. The average molecular weight is 445 g/mol. The van der Waals surface area contributed by atoms with E-state index in [2.05, 4.69) is 15.8 Å². The van der Waals surface area contributed by atoms with E-state index in [-0.39, 0.29) is 5.75 Å². The van der Waals surface area contributed by atoms with Crippen LogP contribution < -0.4 is 20.2 Å². The highest BCUT2D eigenvalue weighted by Crippen LogP contribution is 2.21. The van der Waals surface area contributed by atoms with Gasteiger partial charge in [0.15, 0.2) is 0 Å². The van der Waals surface area contributed by atoms with E-state index in [9.17, 15) is 14.4 Å². The molecular weight excluding hydrogens is 422 g/mol. The van der Waals surface area contributed by atoms with Crippen LogP contribution in [0.4, 0.5) is 5.69 Å². The van der Waals surface area contributed by atoms with E-state index in [0.29, 0.717) is 22.6 Å². The third kappa shape index (κ3) is 6.04. The number of hydrogen-bond donors (Lipinski definition) is 2. The predicted octanol–water partition coefficient (Wildman–Crippen LogP) is 3.62. The van der Waals surface area contributed by atoms with Crippen molar-refractivity contribution in [3.63, 3.8) is 0 Å². The molecule has 3 aromatic carbocycles. The van der Waals surface area contributed by atoms with E-state index in [1.807, 2.05) is 32.0 Å². The Morgan fingerprint density at radius 1 is 0.879 bits per heavy atom. The monoisotopic (exact) mass is 445 g/mol. The standard InChI is InChI=1S/C25H23N3O5/c1-16-8-6-9-17(2)22(16)27-23(29)24(30)28-26-15-18-10-7-11-19(14-18)33-25(31)20-12-4-5-13-21(20)32-3/h4-15H,1-3H3,(H,27,29)(H,28,30)/b26-15+. The van der Waals surface area contributed by atoms with E-state index < -0.39 is 17.8 Å². The summed E-state index contributed by atoms with van der Waals surface area (Å²) in [5, 5.41) is 6.40. The lowest BCUT2D eigenvalue weighted by molar-refractivity contribution is -0.136. The van der Waals surface area contributed by atoms with Crippen molar-refractivity contribution in [1.82, 2.24) is 5.43 Å². The maximum Gasteiger partial charge on any atom is 0.347 e. The van der Waals surface area contributed by atoms with E-state index in [1.54, 1.807) is 48.5 Å². The molecule has 0 saturated carbocycles. The van der Waals surface area contributed by atoms with Gasteiger partial charge in [-0.3, -0.25) is 9.59 Å². The van der Waals surface area contributed by atoms with Crippen molar-refractivity contribution in [1.29, 1.82) is 0 Å². The average Bonchev–Trinajstić information content (AvgIpc) is 2.81. The van der Waals surface area contributed by atoms with E-state index in [4.69, 9.17) is 9.47 Å². The number of carbonyl (C=O) groups excluding carboxylic acids is 3. The SMILES string of the molecule is COc1ccccc1C(=O)Oc1cccc(/C=N/NC(=O)C(=O)Nc2c(C)cccc2C)c1. The van der Waals surface area contributed by atoms with Gasteiger partial charge in [-0.05, 0) is 54.8 Å². The van der Waals surface area contributed by atoms with Crippen LogP contribution in [0.25, 0.3) is 0 Å². The molecule has 0 atom stereocenters. The van der Waals surface area contributed by atoms with Crippen LogP contribution in [-0.2, 0) is 9.59 Å². The summed E-state index contributed by atoms with van der Waals surface area (Å²) in [6.07, 6.45) is 1.34. The van der Waals surface area contributed by atoms with Crippen LogP contribution >= 0.6 is 0 Å². The molecule has 0 spiro atoms. The number of rotatable bonds is 6. The Morgan fingerprint density at radius 2 is 1.58 bits per heavy atom. The number of hydrogen-bond acceptors (Lipinski definition) is 6. The summed E-state index contributed by atoms with van der Waals surface area (Å²) in [4.78, 5) is 36.7. The van der Waals surface area contributed by atoms with E-state index in [1.165, 1.54) is 13.3 Å². The summed E-state index contributed by atoms with van der Waals surface area (Å²) >= 11 is 0. The molecule has 0 heterocycles. The summed E-state index contributed by atoms with van der Waals surface area (Å²) in [5.41, 5.74) is 5.31. The van der Waals surface area contributed by atoms with E-state index in [0.717, 1.165) is 11.1 Å². The van der Waals surface area contributed by atoms with Gasteiger partial charge >= 0.3 is 17.8 Å². The smallest absolute Gasteiger partial charge is 0.347 e. The number of carbonyl (C=O) groups is 3. The van der Waals surface area contributed by atoms with Gasteiger partial charge in [-0.1, -0.05) is 42.5 Å². The second-order valence-electron chi connectivity index (χ2n) is 7.08. The number of esters is 1. The Morgan fingerprint density at radius 3 is 2.30 bits per heavy atom. The van der Waals surface area contributed by atoms with Gasteiger partial charge in [0.25, 0.3) is 0 Å². The lowest BCUT2D eigenvalue weighted by atomic mass is 10.1. The van der Waals surface area contributed by atoms with Gasteiger partial charge in [0, 0.05) is 5.69 Å². The maximum atomic E-state index is 12.4. The van der Waals surface area contributed by atoms with Gasteiger partial charge in [-0.15, -0.1) is 0 Å². The highest BCUT2D eigenvalue weighted by molar-refractivity contribution is 6.39. The molecule has 0 bridgehead atoms. The zero-order valence-electron chi connectivity index (χ0n) is 18.4. The molecule has 0 aliphatic carbocycles. The van der Waals surface area contributed by atoms with Crippen molar-refractivity contribution in [2.45, 2.75) is 13.8 Å². The number of anilines is 1. The van der Waals surface area contributed by atoms with Crippen molar-refractivity contribution in [2.24, 2.45) is 5.10 Å². The molecule has 0 radical (unpaired) electrons. The number of ether oxygens (including phenoxy) is 2. The second-order valence-corrected chi connectivity index (χ2v) is 7.08. The maximum absolute atomic E-state index is 12.4. The van der Waals surface area contributed by atoms with Crippen LogP contribution in [-0.4, -0.2) is 31.1 Å². The number of para-hydroxylation sites is 2. The summed E-state index contributed by atoms with van der Waals surface area (Å²) < 4.78 is 10.6. The van der Waals surface area contributed by atoms with Gasteiger partial charge in [0.1, 0.15) is 17.1 Å². The zero-order chi connectivity index (χ0) is 23.8. The largest absolute Gasteiger partial charge is 0.496 e. The van der Waals surface area contributed by atoms with Crippen LogP contribution in [0.2, 0.25) is 0 Å². The first-order chi connectivity index (χ1) is 15.9. The summed E-state index contributed by atoms with van der Waals surface area (Å²) in [5.74, 6) is -1.62. The minimum absolute atomic E-state index is 0.286. The predicted molar refractivity (Wildman–Crippen MR) is 125 cm³/mol. The first kappa shape index (κ1) is 23.2. The number of benzene rings is 3. The Kier molecular flexibility index (Phi) is 7.54. The van der Waals surface area contributed by atoms with Crippen molar-refractivity contribution >= 4 is 29.7 Å². The molecule has 0 aliphatic heterocycles. The number of aryl methyl sites for hydroxylation is 2. The third-order valence-electron chi connectivity index (χ3n) is 4.70. The van der Waals surface area contributed by atoms with Crippen molar-refractivity contribution < 1.29 is 23.9 Å². The molecule has 8 heteroatoms. The van der Waals surface area contributed by atoms with Crippen molar-refractivity contribution in [3.8, 4) is 11.5 Å². The molecule has 0 aromatic heterocycles. The molecule has 0 fully saturated rings. The molecule has 2 N–H and O–H groups in total. The molecular formula is C25H23N3O5. The zero-order valence-corrected chi connectivity index (χ0v) is 18.4. The quantitative estimate of drug-likeness (QED) is 0.198. The number of nitrogens with one attached hydrogen (secondary N) is 2. The number of hydrazone groups is 1. The van der Waals surface area contributed by atoms with Crippen molar-refractivity contribution in [3.05, 3.63) is 89.0 Å². The molecule has 0 unspecified atom stereocenters. The van der Waals surface area contributed by atoms with Crippen molar-refractivity contribution in [2.75, 3.05) is 12.4 Å². The number of amides is 2. The lowest BCUT2D eigenvalue weighted by Crippen LogP contribution is -2.32. The molecule has 8 nitrogen and oxygen atoms in total. The van der Waals surface area contributed by atoms with Gasteiger partial charge in [-0.25, -0.2) is 10.2 Å². The summed E-state index contributed by atoms with van der Waals surface area (Å²) in [6, 6.07) is 18.8. The van der Waals surface area contributed by atoms with Crippen LogP contribution in [0.3, 0.4) is 0 Å². The summed E-state index contributed by atoms with van der Waals surface area (Å²) in [6.45, 7) is 3.68. The van der Waals surface area contributed by atoms with Crippen LogP contribution in [0.1, 0.15) is 27.0 Å². The normalized spacial score (nSPS) is 10.5. The highest BCUT2D eigenvalue weighted by atomic mass is 16.5. The van der Waals surface area contributed by atoms with Gasteiger partial charge in [0.05, 0.1) is 13.3 Å². The minimum atomic E-state index is -0.910. The van der Waals surface area contributed by atoms with Gasteiger partial charge in [-0.2, -0.15) is 5.10 Å². The fraction of sp³-hybridized carbons (Fsp3) is 0.120. The first-order valence-electron chi connectivity index (χ1n) is 10.0. The fourth-order valence-corrected chi connectivity index (χ4v) is 3.03. The topological polar surface area (TPSA) is 106 Å². The molecule has 168 valence electrons. The Balaban J connectivity index is 1.60. The molecule has 2 amide bonds. The second kappa shape index (κ2) is 10.7. The Labute approximate surface area is 191 Å². The Hall–Kier alpha value is -4.46. The van der Waals surface area contributed by atoms with Crippen LogP contribution in [0.5, 0.6) is 11.5 Å². The molecule has 0 aliphatic rings. The third-order valence-corrected chi connectivity index (χ3v) is 4.70. The molecule has 3 aromatic rings. The lowest BCUT2D eigenvalue weighted by Gasteiger charge is -2.10. The summed E-state index contributed by atoms with van der Waals surface area (Å²) in [7, 11) is 1.47. The highest BCUT2D eigenvalue weighted by Gasteiger charge is 2.16. The van der Waals surface area contributed by atoms with E-state index >= 15 is 0 Å². The Bertz CT molecular complexity index is 1200. The van der Waals surface area contributed by atoms with Gasteiger partial charge in [0.2, 0.25) is 0 Å². The molecule has 0 saturated heterocycles. The van der Waals surface area contributed by atoms with Crippen LogP contribution in [0.15, 0.2) is 71.8 Å².